The second kappa shape index (κ2) is 13.9. The van der Waals surface area contributed by atoms with Crippen molar-refractivity contribution >= 4 is 50.3 Å². The first kappa shape index (κ1) is 31.6. The molecule has 228 valence electrons. The van der Waals surface area contributed by atoms with E-state index in [2.05, 4.69) is 20.8 Å². The molecule has 0 saturated carbocycles. The highest BCUT2D eigenvalue weighted by atomic mass is 32.2. The zero-order valence-electron chi connectivity index (χ0n) is 25.1. The second-order valence-electron chi connectivity index (χ2n) is 11.5. The number of nitrogens with zero attached hydrogens (tertiary/aromatic N) is 4. The van der Waals surface area contributed by atoms with Crippen molar-refractivity contribution in [3.63, 3.8) is 0 Å². The first-order valence-electron chi connectivity index (χ1n) is 15.2. The van der Waals surface area contributed by atoms with E-state index in [1.807, 2.05) is 48.7 Å². The molecule has 43 heavy (non-hydrogen) atoms. The zero-order chi connectivity index (χ0) is 30.6. The van der Waals surface area contributed by atoms with E-state index in [1.165, 1.54) is 11.8 Å². The van der Waals surface area contributed by atoms with Gasteiger partial charge in [-0.3, -0.25) is 9.69 Å². The molecule has 0 bridgehead atoms. The number of hydrogen-bond acceptors (Lipinski definition) is 6. The molecule has 1 unspecified atom stereocenters. The van der Waals surface area contributed by atoms with Gasteiger partial charge in [-0.25, -0.2) is 13.1 Å². The Morgan fingerprint density at radius 2 is 1.84 bits per heavy atom. The Hall–Kier alpha value is -2.79. The molecule has 0 aliphatic carbocycles. The summed E-state index contributed by atoms with van der Waals surface area (Å²) in [7, 11) is -3.64. The second-order valence-corrected chi connectivity index (χ2v) is 15.2. The summed E-state index contributed by atoms with van der Waals surface area (Å²) in [6.07, 6.45) is 9.80. The van der Waals surface area contributed by atoms with E-state index in [0.717, 1.165) is 49.8 Å². The number of amides is 1. The third-order valence-electron chi connectivity index (χ3n) is 8.40. The number of aromatic nitrogens is 2. The predicted octanol–water partition coefficient (Wildman–Crippen LogP) is 7.38. The fourth-order valence-electron chi connectivity index (χ4n) is 5.58. The summed E-state index contributed by atoms with van der Waals surface area (Å²) < 4.78 is 31.1. The van der Waals surface area contributed by atoms with Gasteiger partial charge in [0.05, 0.1) is 15.5 Å². The van der Waals surface area contributed by atoms with Crippen molar-refractivity contribution in [2.75, 3.05) is 19.6 Å². The van der Waals surface area contributed by atoms with E-state index < -0.39 is 10.0 Å². The minimum Gasteiger partial charge on any atom is -0.293 e. The third kappa shape index (κ3) is 7.14. The van der Waals surface area contributed by atoms with Gasteiger partial charge in [0, 0.05) is 37.0 Å². The Morgan fingerprint density at radius 1 is 1.09 bits per heavy atom. The monoisotopic (exact) mass is 636 g/mol. The fraction of sp³-hybridized carbons (Fsp3) is 0.424. The van der Waals surface area contributed by atoms with Crippen LogP contribution in [0.5, 0.6) is 0 Å². The zero-order valence-corrected chi connectivity index (χ0v) is 27.6. The van der Waals surface area contributed by atoms with E-state index in [4.69, 9.17) is 17.3 Å². The van der Waals surface area contributed by atoms with Crippen molar-refractivity contribution in [3.8, 4) is 16.9 Å². The van der Waals surface area contributed by atoms with E-state index >= 15 is 0 Å². The van der Waals surface area contributed by atoms with Crippen LogP contribution in [-0.4, -0.2) is 57.3 Å². The average Bonchev–Trinajstić information content (AvgIpc) is 3.56. The number of piperidine rings is 1. The molecule has 2 aliphatic heterocycles. The summed E-state index contributed by atoms with van der Waals surface area (Å²) in [6, 6.07) is 16.7. The number of sulfonamides is 1. The quantitative estimate of drug-likeness (QED) is 0.162. The summed E-state index contributed by atoms with van der Waals surface area (Å²) in [6.45, 7) is 8.20. The van der Waals surface area contributed by atoms with Crippen LogP contribution in [0.2, 0.25) is 0 Å². The number of unbranched alkanes of at least 4 members (excludes halogenated alkanes) is 1. The minimum absolute atomic E-state index is 0.0842. The molecular formula is C33H40N4O3S3. The molecule has 2 fully saturated rings. The molecule has 0 spiro atoms. The van der Waals surface area contributed by atoms with Crippen molar-refractivity contribution in [1.29, 1.82) is 0 Å². The van der Waals surface area contributed by atoms with Gasteiger partial charge in [0.15, 0.2) is 0 Å². The predicted molar refractivity (Wildman–Crippen MR) is 179 cm³/mol. The SMILES string of the molecule is CCCCC(CC)CN1C(=O)/C(=C/c2cn(-c3ccccc3)nc2-c2cccc(S(=O)(=O)N3CCC(C)CC3)c2)SC1=S. The van der Waals surface area contributed by atoms with Gasteiger partial charge in [-0.05, 0) is 61.4 Å². The Morgan fingerprint density at radius 3 is 2.53 bits per heavy atom. The summed E-state index contributed by atoms with van der Waals surface area (Å²) in [5, 5.41) is 4.89. The maximum atomic E-state index is 13.6. The molecule has 2 saturated heterocycles. The van der Waals surface area contributed by atoms with E-state index in [1.54, 1.807) is 32.1 Å². The van der Waals surface area contributed by atoms with Crippen LogP contribution in [-0.2, 0) is 14.8 Å². The molecule has 10 heteroatoms. The van der Waals surface area contributed by atoms with Crippen LogP contribution in [0, 0.1) is 11.8 Å². The minimum atomic E-state index is -3.64. The smallest absolute Gasteiger partial charge is 0.266 e. The van der Waals surface area contributed by atoms with E-state index in [0.29, 0.717) is 52.0 Å². The van der Waals surface area contributed by atoms with Gasteiger partial charge in [0.25, 0.3) is 5.91 Å². The molecular weight excluding hydrogens is 597 g/mol. The average molecular weight is 637 g/mol. The van der Waals surface area contributed by atoms with E-state index in [9.17, 15) is 13.2 Å². The topological polar surface area (TPSA) is 75.5 Å². The lowest BCUT2D eigenvalue weighted by atomic mass is 9.99. The van der Waals surface area contributed by atoms with Crippen LogP contribution >= 0.6 is 24.0 Å². The van der Waals surface area contributed by atoms with Crippen LogP contribution in [0.25, 0.3) is 23.0 Å². The number of thiocarbonyl (C=S) groups is 1. The van der Waals surface area contributed by atoms with Gasteiger partial charge < -0.3 is 0 Å². The number of benzene rings is 2. The van der Waals surface area contributed by atoms with Gasteiger partial charge in [0.2, 0.25) is 10.0 Å². The van der Waals surface area contributed by atoms with Crippen molar-refractivity contribution < 1.29 is 13.2 Å². The number of carbonyl (C=O) groups is 1. The molecule has 1 amide bonds. The van der Waals surface area contributed by atoms with Gasteiger partial charge in [0.1, 0.15) is 10.0 Å². The van der Waals surface area contributed by atoms with Crippen molar-refractivity contribution in [2.24, 2.45) is 11.8 Å². The summed E-state index contributed by atoms with van der Waals surface area (Å²) in [5.41, 5.74) is 2.87. The lowest BCUT2D eigenvalue weighted by Gasteiger charge is -2.29. The first-order chi connectivity index (χ1) is 20.7. The molecule has 2 aliphatic rings. The van der Waals surface area contributed by atoms with Gasteiger partial charge in [-0.15, -0.1) is 0 Å². The summed E-state index contributed by atoms with van der Waals surface area (Å²) >= 11 is 6.98. The van der Waals surface area contributed by atoms with Crippen LogP contribution < -0.4 is 0 Å². The van der Waals surface area contributed by atoms with Crippen LogP contribution in [0.3, 0.4) is 0 Å². The lowest BCUT2D eigenvalue weighted by Crippen LogP contribution is -2.37. The maximum Gasteiger partial charge on any atom is 0.266 e. The third-order valence-corrected chi connectivity index (χ3v) is 11.7. The Labute approximate surface area is 265 Å². The number of rotatable bonds is 11. The van der Waals surface area contributed by atoms with Crippen LogP contribution in [0.4, 0.5) is 0 Å². The number of carbonyl (C=O) groups excluding carboxylic acids is 1. The molecule has 1 atom stereocenters. The molecule has 2 aromatic carbocycles. The molecule has 0 radical (unpaired) electrons. The van der Waals surface area contributed by atoms with Crippen molar-refractivity contribution in [1.82, 2.24) is 19.0 Å². The van der Waals surface area contributed by atoms with Crippen LogP contribution in [0.1, 0.15) is 64.9 Å². The van der Waals surface area contributed by atoms with Crippen molar-refractivity contribution in [3.05, 3.63) is 71.3 Å². The largest absolute Gasteiger partial charge is 0.293 e. The normalized spacial score (nSPS) is 18.6. The highest BCUT2D eigenvalue weighted by Crippen LogP contribution is 2.36. The molecule has 5 rings (SSSR count). The Bertz CT molecular complexity index is 1590. The van der Waals surface area contributed by atoms with Gasteiger partial charge in [-0.2, -0.15) is 9.40 Å². The molecule has 7 nitrogen and oxygen atoms in total. The molecule has 3 aromatic rings. The standard InChI is InChI=1S/C33H40N4O3S3/c1-4-6-11-25(5-2)22-36-32(38)30(42-33(36)41)21-27-23-37(28-13-8-7-9-14-28)34-31(27)26-12-10-15-29(20-26)43(39,40)35-18-16-24(3)17-19-35/h7-10,12-15,20-21,23-25H,4-6,11,16-19,22H2,1-3H3/b30-21-. The highest BCUT2D eigenvalue weighted by molar-refractivity contribution is 8.26. The lowest BCUT2D eigenvalue weighted by molar-refractivity contribution is -0.122. The van der Waals surface area contributed by atoms with Crippen LogP contribution in [0.15, 0.2) is 70.6 Å². The highest BCUT2D eigenvalue weighted by Gasteiger charge is 2.34. The van der Waals surface area contributed by atoms with Gasteiger partial charge >= 0.3 is 0 Å². The molecule has 1 aromatic heterocycles. The van der Waals surface area contributed by atoms with Gasteiger partial charge in [-0.1, -0.05) is 94.3 Å². The summed E-state index contributed by atoms with van der Waals surface area (Å²) in [5.74, 6) is 0.851. The van der Waals surface area contributed by atoms with Crippen molar-refractivity contribution in [2.45, 2.75) is 64.2 Å². The van der Waals surface area contributed by atoms with E-state index in [-0.39, 0.29) is 10.8 Å². The molecule has 3 heterocycles. The number of hydrogen-bond donors (Lipinski definition) is 0. The first-order valence-corrected chi connectivity index (χ1v) is 17.9. The summed E-state index contributed by atoms with van der Waals surface area (Å²) in [4.78, 5) is 16.1. The number of thioether (sulfide) groups is 1. The Kier molecular flexibility index (Phi) is 10.2. The fourth-order valence-corrected chi connectivity index (χ4v) is 8.36. The number of para-hydroxylation sites is 1. The maximum absolute atomic E-state index is 13.6. The Balaban J connectivity index is 1.50. The molecule has 0 N–H and O–H groups in total.